The highest BCUT2D eigenvalue weighted by molar-refractivity contribution is 4.74. The molecule has 0 radical (unpaired) electrons. The maximum atomic E-state index is 12.2. The third kappa shape index (κ3) is 7.74. The molecule has 1 heterocycles. The maximum absolute atomic E-state index is 12.2. The van der Waals surface area contributed by atoms with Crippen LogP contribution in [0.1, 0.15) is 26.7 Å². The molecule has 0 aliphatic carbocycles. The highest BCUT2D eigenvalue weighted by Crippen LogP contribution is 2.17. The first-order valence-electron chi connectivity index (χ1n) is 7.15. The summed E-state index contributed by atoms with van der Waals surface area (Å²) in [5.74, 6) is 0. The fraction of sp³-hybridized carbons (Fsp3) is 1.00. The Morgan fingerprint density at radius 2 is 1.68 bits per heavy atom. The molecular weight excluding hydrogens is 255 g/mol. The minimum atomic E-state index is -4.07. The molecule has 1 rings (SSSR count). The molecule has 3 nitrogen and oxygen atoms in total. The van der Waals surface area contributed by atoms with Crippen molar-refractivity contribution in [3.05, 3.63) is 0 Å². The van der Waals surface area contributed by atoms with Crippen molar-refractivity contribution in [1.82, 2.24) is 15.1 Å². The molecule has 0 aromatic rings. The van der Waals surface area contributed by atoms with Gasteiger partial charge in [-0.15, -0.1) is 0 Å². The van der Waals surface area contributed by atoms with Crippen molar-refractivity contribution in [2.45, 2.75) is 38.9 Å². The van der Waals surface area contributed by atoms with E-state index in [1.807, 2.05) is 0 Å². The van der Waals surface area contributed by atoms with E-state index in [-0.39, 0.29) is 0 Å². The van der Waals surface area contributed by atoms with Crippen LogP contribution in [-0.4, -0.2) is 67.8 Å². The third-order valence-electron chi connectivity index (χ3n) is 3.51. The number of hydrogen-bond acceptors (Lipinski definition) is 3. The van der Waals surface area contributed by atoms with Crippen molar-refractivity contribution in [3.8, 4) is 0 Å². The van der Waals surface area contributed by atoms with E-state index in [9.17, 15) is 13.2 Å². The molecule has 114 valence electrons. The predicted octanol–water partition coefficient (Wildman–Crippen LogP) is 1.94. The van der Waals surface area contributed by atoms with Crippen LogP contribution in [0.3, 0.4) is 0 Å². The van der Waals surface area contributed by atoms with Gasteiger partial charge >= 0.3 is 6.18 Å². The summed E-state index contributed by atoms with van der Waals surface area (Å²) >= 11 is 0. The lowest BCUT2D eigenvalue weighted by atomic mass is 10.2. The van der Waals surface area contributed by atoms with E-state index in [4.69, 9.17) is 0 Å². The average molecular weight is 281 g/mol. The van der Waals surface area contributed by atoms with Crippen molar-refractivity contribution < 1.29 is 13.2 Å². The van der Waals surface area contributed by atoms with Crippen LogP contribution in [0.4, 0.5) is 13.2 Å². The third-order valence-corrected chi connectivity index (χ3v) is 3.51. The quantitative estimate of drug-likeness (QED) is 0.769. The summed E-state index contributed by atoms with van der Waals surface area (Å²) in [5, 5.41) is 3.45. The summed E-state index contributed by atoms with van der Waals surface area (Å²) in [6.07, 6.45) is -1.73. The molecule has 0 bridgehead atoms. The number of nitrogens with zero attached hydrogens (tertiary/aromatic N) is 2. The van der Waals surface area contributed by atoms with Crippen LogP contribution in [0.15, 0.2) is 0 Å². The Labute approximate surface area is 114 Å². The number of rotatable bonds is 7. The lowest BCUT2D eigenvalue weighted by Crippen LogP contribution is -2.50. The molecule has 1 aliphatic rings. The first kappa shape index (κ1) is 16.7. The summed E-state index contributed by atoms with van der Waals surface area (Å²) in [6, 6.07) is 0.525. The van der Waals surface area contributed by atoms with Crippen molar-refractivity contribution in [2.24, 2.45) is 0 Å². The molecule has 0 aromatic carbocycles. The summed E-state index contributed by atoms with van der Waals surface area (Å²) in [5.41, 5.74) is 0. The van der Waals surface area contributed by atoms with Gasteiger partial charge in [0.05, 0.1) is 6.54 Å². The van der Waals surface area contributed by atoms with Crippen LogP contribution in [0, 0.1) is 0 Å². The van der Waals surface area contributed by atoms with Crippen molar-refractivity contribution in [1.29, 1.82) is 0 Å². The zero-order chi connectivity index (χ0) is 14.3. The van der Waals surface area contributed by atoms with Gasteiger partial charge in [0.15, 0.2) is 0 Å². The fourth-order valence-electron chi connectivity index (χ4n) is 2.43. The predicted molar refractivity (Wildman–Crippen MR) is 71.3 cm³/mol. The second kappa shape index (κ2) is 8.07. The molecular formula is C13H26F3N3. The van der Waals surface area contributed by atoms with Crippen LogP contribution in [0.5, 0.6) is 0 Å². The van der Waals surface area contributed by atoms with Gasteiger partial charge in [0.2, 0.25) is 0 Å². The zero-order valence-electron chi connectivity index (χ0n) is 12.0. The van der Waals surface area contributed by atoms with E-state index in [1.54, 1.807) is 0 Å². The Morgan fingerprint density at radius 1 is 1.11 bits per heavy atom. The molecule has 1 aliphatic heterocycles. The number of hydrogen-bond donors (Lipinski definition) is 1. The molecule has 1 saturated heterocycles. The van der Waals surface area contributed by atoms with E-state index >= 15 is 0 Å². The minimum Gasteiger partial charge on any atom is -0.313 e. The van der Waals surface area contributed by atoms with Crippen LogP contribution < -0.4 is 5.32 Å². The summed E-state index contributed by atoms with van der Waals surface area (Å²) in [4.78, 5) is 3.72. The van der Waals surface area contributed by atoms with E-state index < -0.39 is 12.7 Å². The van der Waals surface area contributed by atoms with Crippen molar-refractivity contribution in [2.75, 3.05) is 45.8 Å². The standard InChI is InChI=1S/C13H26F3N3/c1-3-4-12(2)17-5-6-18-7-9-19(10-8-18)11-13(14,15)16/h12,17H,3-11H2,1-2H3. The Balaban J connectivity index is 2.10. The Hall–Kier alpha value is -0.330. The molecule has 0 amide bonds. The van der Waals surface area contributed by atoms with Gasteiger partial charge in [-0.25, -0.2) is 0 Å². The number of halogens is 3. The second-order valence-corrected chi connectivity index (χ2v) is 5.38. The smallest absolute Gasteiger partial charge is 0.313 e. The minimum absolute atomic E-state index is 0.518. The molecule has 1 unspecified atom stereocenters. The van der Waals surface area contributed by atoms with E-state index in [2.05, 4.69) is 24.1 Å². The average Bonchev–Trinajstić information content (AvgIpc) is 2.30. The monoisotopic (exact) mass is 281 g/mol. The van der Waals surface area contributed by atoms with Gasteiger partial charge in [-0.1, -0.05) is 13.3 Å². The molecule has 1 fully saturated rings. The molecule has 19 heavy (non-hydrogen) atoms. The van der Waals surface area contributed by atoms with E-state index in [0.717, 1.165) is 26.2 Å². The van der Waals surface area contributed by atoms with Gasteiger partial charge in [0.25, 0.3) is 0 Å². The second-order valence-electron chi connectivity index (χ2n) is 5.38. The van der Waals surface area contributed by atoms with Gasteiger partial charge in [0.1, 0.15) is 0 Å². The van der Waals surface area contributed by atoms with Crippen LogP contribution in [0.25, 0.3) is 0 Å². The summed E-state index contributed by atoms with van der Waals surface area (Å²) in [6.45, 7) is 7.91. The van der Waals surface area contributed by atoms with Crippen LogP contribution in [0.2, 0.25) is 0 Å². The lowest BCUT2D eigenvalue weighted by Gasteiger charge is -2.35. The van der Waals surface area contributed by atoms with Gasteiger partial charge in [-0.2, -0.15) is 13.2 Å². The lowest BCUT2D eigenvalue weighted by molar-refractivity contribution is -0.149. The SMILES string of the molecule is CCCC(C)NCCN1CCN(CC(F)(F)F)CC1. The van der Waals surface area contributed by atoms with Crippen molar-refractivity contribution >= 4 is 0 Å². The topological polar surface area (TPSA) is 18.5 Å². The summed E-state index contributed by atoms with van der Waals surface area (Å²) in [7, 11) is 0. The molecule has 1 N–H and O–H groups in total. The molecule has 1 atom stereocenters. The number of alkyl halides is 3. The van der Waals surface area contributed by atoms with Crippen LogP contribution >= 0.6 is 0 Å². The first-order valence-corrected chi connectivity index (χ1v) is 7.15. The summed E-state index contributed by atoms with van der Waals surface area (Å²) < 4.78 is 36.7. The van der Waals surface area contributed by atoms with Gasteiger partial charge in [0, 0.05) is 45.3 Å². The van der Waals surface area contributed by atoms with Crippen LogP contribution in [-0.2, 0) is 0 Å². The van der Waals surface area contributed by atoms with E-state index in [1.165, 1.54) is 17.7 Å². The fourth-order valence-corrected chi connectivity index (χ4v) is 2.43. The Morgan fingerprint density at radius 3 is 2.21 bits per heavy atom. The largest absolute Gasteiger partial charge is 0.401 e. The highest BCUT2D eigenvalue weighted by Gasteiger charge is 2.31. The van der Waals surface area contributed by atoms with Gasteiger partial charge in [-0.05, 0) is 13.3 Å². The molecule has 0 spiro atoms. The number of nitrogens with one attached hydrogen (secondary N) is 1. The van der Waals surface area contributed by atoms with Gasteiger partial charge in [-0.3, -0.25) is 9.80 Å². The Bertz CT molecular complexity index is 238. The highest BCUT2D eigenvalue weighted by atomic mass is 19.4. The normalized spacial score (nSPS) is 20.7. The zero-order valence-corrected chi connectivity index (χ0v) is 12.0. The molecule has 0 saturated carbocycles. The molecule has 6 heteroatoms. The van der Waals surface area contributed by atoms with E-state index in [0.29, 0.717) is 19.1 Å². The maximum Gasteiger partial charge on any atom is 0.401 e. The Kier molecular flexibility index (Phi) is 7.10. The first-order chi connectivity index (χ1) is 8.90. The van der Waals surface area contributed by atoms with Crippen molar-refractivity contribution in [3.63, 3.8) is 0 Å². The molecule has 0 aromatic heterocycles. The van der Waals surface area contributed by atoms with Gasteiger partial charge < -0.3 is 5.32 Å². The number of piperazine rings is 1.